The molecule has 0 saturated heterocycles. The number of ether oxygens (including phenoxy) is 1. The highest BCUT2D eigenvalue weighted by Gasteiger charge is 2.03. The molecule has 2 rings (SSSR count). The van der Waals surface area contributed by atoms with Gasteiger partial charge in [-0.2, -0.15) is 0 Å². The molecule has 0 spiro atoms. The van der Waals surface area contributed by atoms with Crippen LogP contribution in [-0.2, 0) is 6.42 Å². The number of carbonyl (C=O) groups is 1. The van der Waals surface area contributed by atoms with Gasteiger partial charge in [0.25, 0.3) is 0 Å². The van der Waals surface area contributed by atoms with Crippen LogP contribution in [0.4, 0.5) is 0 Å². The molecule has 0 fully saturated rings. The van der Waals surface area contributed by atoms with Crippen LogP contribution < -0.4 is 4.74 Å². The van der Waals surface area contributed by atoms with Gasteiger partial charge in [-0.15, -0.1) is 0 Å². The van der Waals surface area contributed by atoms with Crippen molar-refractivity contribution in [2.75, 3.05) is 6.61 Å². The Morgan fingerprint density at radius 2 is 1.89 bits per heavy atom. The molecule has 0 saturated carbocycles. The second-order valence-corrected chi connectivity index (χ2v) is 3.93. The monoisotopic (exact) mass is 242 g/mol. The summed E-state index contributed by atoms with van der Waals surface area (Å²) in [6.07, 6.45) is 1.46. The first-order valence-corrected chi connectivity index (χ1v) is 5.74. The van der Waals surface area contributed by atoms with Crippen molar-refractivity contribution in [2.45, 2.75) is 6.42 Å². The van der Waals surface area contributed by atoms with Crippen molar-refractivity contribution in [1.29, 1.82) is 0 Å². The second-order valence-electron chi connectivity index (χ2n) is 3.93. The van der Waals surface area contributed by atoms with Gasteiger partial charge in [-0.05, 0) is 23.8 Å². The zero-order chi connectivity index (χ0) is 12.8. The van der Waals surface area contributed by atoms with E-state index in [0.717, 1.165) is 6.42 Å². The van der Waals surface area contributed by atoms with Crippen molar-refractivity contribution in [3.05, 3.63) is 59.7 Å². The molecule has 18 heavy (non-hydrogen) atoms. The number of benzene rings is 2. The Morgan fingerprint density at radius 1 is 1.11 bits per heavy atom. The molecule has 0 aliphatic rings. The van der Waals surface area contributed by atoms with E-state index in [4.69, 9.17) is 4.74 Å². The van der Waals surface area contributed by atoms with E-state index < -0.39 is 0 Å². The van der Waals surface area contributed by atoms with E-state index in [2.05, 4.69) is 0 Å². The first kappa shape index (κ1) is 12.2. The van der Waals surface area contributed by atoms with Gasteiger partial charge in [0.2, 0.25) is 0 Å². The maximum atomic E-state index is 10.5. The lowest BCUT2D eigenvalue weighted by molar-refractivity contribution is 0.112. The van der Waals surface area contributed by atoms with Gasteiger partial charge in [0.15, 0.2) is 11.5 Å². The van der Waals surface area contributed by atoms with Crippen molar-refractivity contribution < 1.29 is 14.6 Å². The molecule has 1 N–H and O–H groups in total. The molecule has 0 unspecified atom stereocenters. The molecule has 0 amide bonds. The van der Waals surface area contributed by atoms with Gasteiger partial charge < -0.3 is 9.84 Å². The van der Waals surface area contributed by atoms with E-state index in [1.54, 1.807) is 12.1 Å². The molecule has 2 aromatic carbocycles. The average molecular weight is 242 g/mol. The third kappa shape index (κ3) is 3.10. The molecule has 0 atom stereocenters. The number of aromatic hydroxyl groups is 1. The zero-order valence-electron chi connectivity index (χ0n) is 9.87. The lowest BCUT2D eigenvalue weighted by atomic mass is 10.2. The molecule has 0 aliphatic carbocycles. The van der Waals surface area contributed by atoms with Gasteiger partial charge in [0.05, 0.1) is 6.61 Å². The lowest BCUT2D eigenvalue weighted by Gasteiger charge is -2.08. The highest BCUT2D eigenvalue weighted by Crippen LogP contribution is 2.26. The summed E-state index contributed by atoms with van der Waals surface area (Å²) in [5.74, 6) is 0.393. The van der Waals surface area contributed by atoms with Crippen molar-refractivity contribution in [3.8, 4) is 11.5 Å². The van der Waals surface area contributed by atoms with Crippen LogP contribution in [0.5, 0.6) is 11.5 Å². The van der Waals surface area contributed by atoms with Gasteiger partial charge in [0, 0.05) is 12.0 Å². The van der Waals surface area contributed by atoms with E-state index in [0.29, 0.717) is 24.2 Å². The van der Waals surface area contributed by atoms with Gasteiger partial charge in [0.1, 0.15) is 6.29 Å². The van der Waals surface area contributed by atoms with Crippen LogP contribution in [0.15, 0.2) is 48.5 Å². The highest BCUT2D eigenvalue weighted by molar-refractivity contribution is 5.76. The third-order valence-electron chi connectivity index (χ3n) is 2.61. The van der Waals surface area contributed by atoms with Crippen LogP contribution in [-0.4, -0.2) is 18.0 Å². The Morgan fingerprint density at radius 3 is 2.56 bits per heavy atom. The number of phenols is 1. The van der Waals surface area contributed by atoms with Gasteiger partial charge >= 0.3 is 0 Å². The van der Waals surface area contributed by atoms with E-state index in [1.807, 2.05) is 30.3 Å². The number of aldehydes is 1. The molecule has 92 valence electrons. The molecule has 0 radical (unpaired) electrons. The molecule has 0 heterocycles. The minimum absolute atomic E-state index is 0.00679. The number of rotatable bonds is 5. The molecular formula is C15H14O3. The molecule has 3 nitrogen and oxygen atoms in total. The smallest absolute Gasteiger partial charge is 0.160 e. The Hall–Kier alpha value is -2.29. The van der Waals surface area contributed by atoms with Crippen LogP contribution in [0.25, 0.3) is 0 Å². The van der Waals surface area contributed by atoms with E-state index in [1.165, 1.54) is 11.6 Å². The molecule has 0 aromatic heterocycles. The predicted molar refractivity (Wildman–Crippen MR) is 69.1 cm³/mol. The minimum atomic E-state index is -0.00679. The zero-order valence-corrected chi connectivity index (χ0v) is 9.87. The molecule has 3 heteroatoms. The van der Waals surface area contributed by atoms with E-state index in [9.17, 15) is 9.90 Å². The van der Waals surface area contributed by atoms with Gasteiger partial charge in [-0.3, -0.25) is 4.79 Å². The maximum absolute atomic E-state index is 10.5. The topological polar surface area (TPSA) is 46.5 Å². The van der Waals surface area contributed by atoms with E-state index >= 15 is 0 Å². The first-order chi connectivity index (χ1) is 8.79. The number of hydrogen-bond donors (Lipinski definition) is 1. The Kier molecular flexibility index (Phi) is 3.97. The summed E-state index contributed by atoms with van der Waals surface area (Å²) in [5.41, 5.74) is 1.62. The fourth-order valence-electron chi connectivity index (χ4n) is 1.65. The third-order valence-corrected chi connectivity index (χ3v) is 2.61. The standard InChI is InChI=1S/C15H14O3/c16-11-13-6-7-15(14(17)10-13)18-9-8-12-4-2-1-3-5-12/h1-7,10-11,17H,8-9H2. The highest BCUT2D eigenvalue weighted by atomic mass is 16.5. The normalized spacial score (nSPS) is 10.0. The largest absolute Gasteiger partial charge is 0.504 e. The molecule has 2 aromatic rings. The summed E-state index contributed by atoms with van der Waals surface area (Å²) in [6.45, 7) is 0.484. The summed E-state index contributed by atoms with van der Waals surface area (Å²) in [4.78, 5) is 10.5. The van der Waals surface area contributed by atoms with Crippen LogP contribution in [0.2, 0.25) is 0 Å². The minimum Gasteiger partial charge on any atom is -0.504 e. The van der Waals surface area contributed by atoms with E-state index in [-0.39, 0.29) is 5.75 Å². The second kappa shape index (κ2) is 5.87. The summed E-state index contributed by atoms with van der Waals surface area (Å²) < 4.78 is 5.47. The number of hydrogen-bond acceptors (Lipinski definition) is 3. The average Bonchev–Trinajstić information content (AvgIpc) is 2.42. The van der Waals surface area contributed by atoms with Crippen LogP contribution in [0.1, 0.15) is 15.9 Å². The lowest BCUT2D eigenvalue weighted by Crippen LogP contribution is -2.01. The summed E-state index contributed by atoms with van der Waals surface area (Å²) in [7, 11) is 0. The first-order valence-electron chi connectivity index (χ1n) is 5.74. The summed E-state index contributed by atoms with van der Waals surface area (Å²) in [5, 5.41) is 9.64. The number of phenolic OH excluding ortho intramolecular Hbond substituents is 1. The summed E-state index contributed by atoms with van der Waals surface area (Å²) >= 11 is 0. The quantitative estimate of drug-likeness (QED) is 0.820. The van der Waals surface area contributed by atoms with Crippen molar-refractivity contribution in [2.24, 2.45) is 0 Å². The maximum Gasteiger partial charge on any atom is 0.160 e. The Bertz CT molecular complexity index is 521. The Balaban J connectivity index is 1.92. The number of carbonyl (C=O) groups excluding carboxylic acids is 1. The van der Waals surface area contributed by atoms with Crippen LogP contribution in [0.3, 0.4) is 0 Å². The van der Waals surface area contributed by atoms with Crippen molar-refractivity contribution in [1.82, 2.24) is 0 Å². The fraction of sp³-hybridized carbons (Fsp3) is 0.133. The van der Waals surface area contributed by atoms with Gasteiger partial charge in [-0.25, -0.2) is 0 Å². The molecular weight excluding hydrogens is 228 g/mol. The van der Waals surface area contributed by atoms with Crippen LogP contribution >= 0.6 is 0 Å². The van der Waals surface area contributed by atoms with Crippen LogP contribution in [0, 0.1) is 0 Å². The van der Waals surface area contributed by atoms with Crippen molar-refractivity contribution >= 4 is 6.29 Å². The summed E-state index contributed by atoms with van der Waals surface area (Å²) in [6, 6.07) is 14.6. The predicted octanol–water partition coefficient (Wildman–Crippen LogP) is 2.83. The van der Waals surface area contributed by atoms with Crippen molar-refractivity contribution in [3.63, 3.8) is 0 Å². The SMILES string of the molecule is O=Cc1ccc(OCCc2ccccc2)c(O)c1. The Labute approximate surface area is 106 Å². The van der Waals surface area contributed by atoms with Gasteiger partial charge in [-0.1, -0.05) is 30.3 Å². The molecule has 0 bridgehead atoms. The molecule has 0 aliphatic heterocycles. The fourth-order valence-corrected chi connectivity index (χ4v) is 1.65.